The zero-order valence-corrected chi connectivity index (χ0v) is 9.55. The van der Waals surface area contributed by atoms with E-state index >= 15 is 0 Å². The van der Waals surface area contributed by atoms with Gasteiger partial charge in [-0.25, -0.2) is 4.79 Å². The van der Waals surface area contributed by atoms with Crippen molar-refractivity contribution in [3.63, 3.8) is 0 Å². The van der Waals surface area contributed by atoms with Crippen molar-refractivity contribution in [1.82, 2.24) is 0 Å². The molecule has 0 heterocycles. The summed E-state index contributed by atoms with van der Waals surface area (Å²) in [4.78, 5) is 10.9. The molecule has 0 aliphatic heterocycles. The van der Waals surface area contributed by atoms with Gasteiger partial charge in [0.05, 0.1) is 11.6 Å². The van der Waals surface area contributed by atoms with Crippen LogP contribution in [0.25, 0.3) is 0 Å². The lowest BCUT2D eigenvalue weighted by Gasteiger charge is -2.04. The molecule has 0 saturated carbocycles. The van der Waals surface area contributed by atoms with Gasteiger partial charge in [0.2, 0.25) is 0 Å². The number of carboxylic acids is 1. The third-order valence-electron chi connectivity index (χ3n) is 2.39. The van der Waals surface area contributed by atoms with Crippen LogP contribution in [-0.2, 0) is 4.79 Å². The zero-order chi connectivity index (χ0) is 11.7. The highest BCUT2D eigenvalue weighted by Gasteiger charge is 2.12. The summed E-state index contributed by atoms with van der Waals surface area (Å²) in [6.07, 6.45) is 5.18. The predicted molar refractivity (Wildman–Crippen MR) is 59.3 cm³/mol. The summed E-state index contributed by atoms with van der Waals surface area (Å²) in [7, 11) is 0. The van der Waals surface area contributed by atoms with Crippen molar-refractivity contribution in [3.8, 4) is 6.07 Å². The van der Waals surface area contributed by atoms with Crippen molar-refractivity contribution in [3.05, 3.63) is 11.1 Å². The maximum absolute atomic E-state index is 10.9. The van der Waals surface area contributed by atoms with E-state index < -0.39 is 5.97 Å². The Kier molecular flexibility index (Phi) is 7.35. The average molecular weight is 209 g/mol. The first-order chi connectivity index (χ1) is 7.17. The third kappa shape index (κ3) is 5.21. The van der Waals surface area contributed by atoms with E-state index in [0.717, 1.165) is 25.7 Å². The monoisotopic (exact) mass is 209 g/mol. The number of allylic oxidation sites excluding steroid dienone is 1. The molecule has 0 saturated heterocycles. The largest absolute Gasteiger partial charge is 0.478 e. The number of nitriles is 1. The topological polar surface area (TPSA) is 61.1 Å². The van der Waals surface area contributed by atoms with Gasteiger partial charge in [0.25, 0.3) is 0 Å². The van der Waals surface area contributed by atoms with Crippen LogP contribution >= 0.6 is 0 Å². The second-order valence-corrected chi connectivity index (χ2v) is 3.54. The number of rotatable bonds is 7. The molecule has 0 unspecified atom stereocenters. The maximum Gasteiger partial charge on any atom is 0.332 e. The van der Waals surface area contributed by atoms with Crippen LogP contribution in [0.4, 0.5) is 0 Å². The minimum absolute atomic E-state index is 0.302. The van der Waals surface area contributed by atoms with Crippen molar-refractivity contribution in [2.24, 2.45) is 0 Å². The van der Waals surface area contributed by atoms with Crippen LogP contribution in [0.1, 0.15) is 52.4 Å². The molecule has 0 bridgehead atoms. The summed E-state index contributed by atoms with van der Waals surface area (Å²) in [5, 5.41) is 17.7. The minimum Gasteiger partial charge on any atom is -0.478 e. The van der Waals surface area contributed by atoms with E-state index in [0.29, 0.717) is 24.0 Å². The van der Waals surface area contributed by atoms with Crippen molar-refractivity contribution in [2.75, 3.05) is 0 Å². The van der Waals surface area contributed by atoms with Crippen LogP contribution in [0.15, 0.2) is 11.1 Å². The summed E-state index contributed by atoms with van der Waals surface area (Å²) >= 11 is 0. The quantitative estimate of drug-likeness (QED) is 0.397. The van der Waals surface area contributed by atoms with Crippen molar-refractivity contribution >= 4 is 5.97 Å². The van der Waals surface area contributed by atoms with E-state index in [9.17, 15) is 4.79 Å². The van der Waals surface area contributed by atoms with E-state index in [4.69, 9.17) is 10.4 Å². The lowest BCUT2D eigenvalue weighted by molar-refractivity contribution is -0.132. The van der Waals surface area contributed by atoms with Crippen LogP contribution in [0, 0.1) is 11.3 Å². The minimum atomic E-state index is -0.940. The standard InChI is InChI=1S/C12H19NO2/c1-3-5-6-7-8-11(12(14)15)10(4-2)9-13/h3-8H2,1-2H3,(H,14,15). The highest BCUT2D eigenvalue weighted by Crippen LogP contribution is 2.16. The highest BCUT2D eigenvalue weighted by molar-refractivity contribution is 5.88. The Balaban J connectivity index is 4.36. The number of hydrogen-bond acceptors (Lipinski definition) is 2. The van der Waals surface area contributed by atoms with Gasteiger partial charge >= 0.3 is 5.97 Å². The Labute approximate surface area is 91.4 Å². The molecular weight excluding hydrogens is 190 g/mol. The number of hydrogen-bond donors (Lipinski definition) is 1. The normalized spacial score (nSPS) is 11.8. The van der Waals surface area contributed by atoms with Gasteiger partial charge in [-0.2, -0.15) is 5.26 Å². The number of aliphatic carboxylic acids is 1. The molecule has 0 atom stereocenters. The fourth-order valence-electron chi connectivity index (χ4n) is 1.48. The van der Waals surface area contributed by atoms with Crippen LogP contribution in [0.2, 0.25) is 0 Å². The molecule has 3 heteroatoms. The molecule has 0 rings (SSSR count). The van der Waals surface area contributed by atoms with Gasteiger partial charge in [-0.05, 0) is 19.3 Å². The van der Waals surface area contributed by atoms with Crippen molar-refractivity contribution in [1.29, 1.82) is 5.26 Å². The van der Waals surface area contributed by atoms with E-state index in [-0.39, 0.29) is 0 Å². The van der Waals surface area contributed by atoms with Gasteiger partial charge in [0.15, 0.2) is 0 Å². The highest BCUT2D eigenvalue weighted by atomic mass is 16.4. The Bertz CT molecular complexity index is 274. The van der Waals surface area contributed by atoms with Crippen LogP contribution in [0.3, 0.4) is 0 Å². The summed E-state index contributed by atoms with van der Waals surface area (Å²) in [6.45, 7) is 3.92. The lowest BCUT2D eigenvalue weighted by atomic mass is 10.0. The second-order valence-electron chi connectivity index (χ2n) is 3.54. The molecule has 0 radical (unpaired) electrons. The first-order valence-corrected chi connectivity index (χ1v) is 5.52. The summed E-state index contributed by atoms with van der Waals surface area (Å²) < 4.78 is 0. The van der Waals surface area contributed by atoms with Gasteiger partial charge in [-0.3, -0.25) is 0 Å². The van der Waals surface area contributed by atoms with E-state index in [1.165, 1.54) is 0 Å². The molecule has 0 aliphatic carbocycles. The zero-order valence-electron chi connectivity index (χ0n) is 9.55. The molecule has 3 nitrogen and oxygen atoms in total. The van der Waals surface area contributed by atoms with Crippen molar-refractivity contribution in [2.45, 2.75) is 52.4 Å². The molecule has 15 heavy (non-hydrogen) atoms. The molecule has 84 valence electrons. The molecule has 1 N–H and O–H groups in total. The van der Waals surface area contributed by atoms with Crippen LogP contribution < -0.4 is 0 Å². The summed E-state index contributed by atoms with van der Waals surface area (Å²) in [5.74, 6) is -0.940. The number of carboxylic acid groups (broad SMARTS) is 1. The predicted octanol–water partition coefficient (Wildman–Crippen LogP) is 3.27. The van der Waals surface area contributed by atoms with Gasteiger partial charge in [0.1, 0.15) is 0 Å². The summed E-state index contributed by atoms with van der Waals surface area (Å²) in [5.41, 5.74) is 0.718. The maximum atomic E-state index is 10.9. The van der Waals surface area contributed by atoms with Gasteiger partial charge in [-0.15, -0.1) is 0 Å². The Morgan fingerprint density at radius 1 is 1.27 bits per heavy atom. The molecule has 0 aromatic carbocycles. The van der Waals surface area contributed by atoms with Gasteiger partial charge in [-0.1, -0.05) is 33.1 Å². The molecule has 0 aromatic rings. The molecule has 0 amide bonds. The first kappa shape index (κ1) is 13.7. The summed E-state index contributed by atoms with van der Waals surface area (Å²) in [6, 6.07) is 1.97. The first-order valence-electron chi connectivity index (χ1n) is 5.52. The van der Waals surface area contributed by atoms with Crippen molar-refractivity contribution < 1.29 is 9.90 Å². The Morgan fingerprint density at radius 2 is 1.93 bits per heavy atom. The van der Waals surface area contributed by atoms with E-state index in [2.05, 4.69) is 6.92 Å². The average Bonchev–Trinajstić information content (AvgIpc) is 2.22. The van der Waals surface area contributed by atoms with Gasteiger partial charge < -0.3 is 5.11 Å². The smallest absolute Gasteiger partial charge is 0.332 e. The Morgan fingerprint density at radius 3 is 2.33 bits per heavy atom. The molecule has 0 spiro atoms. The molecule has 0 aromatic heterocycles. The lowest BCUT2D eigenvalue weighted by Crippen LogP contribution is -2.04. The number of nitrogens with zero attached hydrogens (tertiary/aromatic N) is 1. The van der Waals surface area contributed by atoms with E-state index in [1.54, 1.807) is 0 Å². The van der Waals surface area contributed by atoms with Crippen LogP contribution in [0.5, 0.6) is 0 Å². The molecular formula is C12H19NO2. The number of carbonyl (C=O) groups is 1. The van der Waals surface area contributed by atoms with Gasteiger partial charge in [0, 0.05) is 5.57 Å². The number of unbranched alkanes of at least 4 members (excludes halogenated alkanes) is 3. The fourth-order valence-corrected chi connectivity index (χ4v) is 1.48. The third-order valence-corrected chi connectivity index (χ3v) is 2.39. The Hall–Kier alpha value is -1.30. The molecule has 0 fully saturated rings. The second kappa shape index (κ2) is 8.05. The fraction of sp³-hybridized carbons (Fsp3) is 0.667. The van der Waals surface area contributed by atoms with E-state index in [1.807, 2.05) is 13.0 Å². The van der Waals surface area contributed by atoms with Crippen LogP contribution in [-0.4, -0.2) is 11.1 Å². The SMILES string of the molecule is CCCCCCC(C(=O)O)=C(C#N)CC. The molecule has 0 aliphatic rings.